The second-order valence-electron chi connectivity index (χ2n) is 3.70. The molecule has 2 N–H and O–H groups in total. The highest BCUT2D eigenvalue weighted by molar-refractivity contribution is 5.82. The third-order valence-electron chi connectivity index (χ3n) is 2.60. The first kappa shape index (κ1) is 8.97. The van der Waals surface area contributed by atoms with Crippen molar-refractivity contribution < 1.29 is 0 Å². The first-order valence-electron chi connectivity index (χ1n) is 5.10. The lowest BCUT2D eigenvalue weighted by Crippen LogP contribution is -2.01. The second-order valence-corrected chi connectivity index (χ2v) is 3.70. The van der Waals surface area contributed by atoms with Crippen molar-refractivity contribution in [3.63, 3.8) is 0 Å². The van der Waals surface area contributed by atoms with Crippen LogP contribution in [0.25, 0.3) is 22.3 Å². The van der Waals surface area contributed by atoms with E-state index in [4.69, 9.17) is 0 Å². The molecule has 0 fully saturated rings. The van der Waals surface area contributed by atoms with Gasteiger partial charge in [-0.05, 0) is 17.7 Å². The van der Waals surface area contributed by atoms with Gasteiger partial charge >= 0.3 is 0 Å². The summed E-state index contributed by atoms with van der Waals surface area (Å²) in [5.74, 6) is 0. The van der Waals surface area contributed by atoms with E-state index in [0.717, 1.165) is 22.3 Å². The zero-order chi connectivity index (χ0) is 11.0. The van der Waals surface area contributed by atoms with Gasteiger partial charge in [0.25, 0.3) is 0 Å². The summed E-state index contributed by atoms with van der Waals surface area (Å²) in [5.41, 5.74) is 2.80. The number of nitrogens with one attached hydrogen (secondary N) is 2. The molecular weight excluding hydrogens is 200 g/mol. The molecule has 3 aromatic rings. The van der Waals surface area contributed by atoms with Crippen LogP contribution in [-0.4, -0.2) is 9.97 Å². The Morgan fingerprint density at radius 3 is 2.50 bits per heavy atom. The summed E-state index contributed by atoms with van der Waals surface area (Å²) in [4.78, 5) is 17.1. The number of hydrogen-bond acceptors (Lipinski definition) is 1. The molecule has 0 saturated carbocycles. The summed E-state index contributed by atoms with van der Waals surface area (Å²) >= 11 is 0. The lowest BCUT2D eigenvalue weighted by Gasteiger charge is -1.94. The number of hydrogen-bond donors (Lipinski definition) is 2. The van der Waals surface area contributed by atoms with Crippen LogP contribution in [0.5, 0.6) is 0 Å². The number of pyridine rings is 1. The zero-order valence-corrected chi connectivity index (χ0v) is 8.53. The Morgan fingerprint density at radius 2 is 1.69 bits per heavy atom. The van der Waals surface area contributed by atoms with Crippen LogP contribution in [0.2, 0.25) is 0 Å². The number of H-pyrrole nitrogens is 2. The van der Waals surface area contributed by atoms with Crippen molar-refractivity contribution >= 4 is 11.0 Å². The summed E-state index contributed by atoms with van der Waals surface area (Å²) in [6.45, 7) is 0. The second kappa shape index (κ2) is 3.38. The van der Waals surface area contributed by atoms with Gasteiger partial charge in [0.05, 0.1) is 0 Å². The summed E-state index contributed by atoms with van der Waals surface area (Å²) in [6.07, 6.45) is 0. The minimum Gasteiger partial charge on any atom is -0.341 e. The minimum atomic E-state index is -0.0889. The predicted molar refractivity (Wildman–Crippen MR) is 64.4 cm³/mol. The first-order valence-corrected chi connectivity index (χ1v) is 5.10. The van der Waals surface area contributed by atoms with Crippen molar-refractivity contribution in [2.45, 2.75) is 0 Å². The van der Waals surface area contributed by atoms with E-state index in [2.05, 4.69) is 9.97 Å². The normalized spacial score (nSPS) is 10.8. The van der Waals surface area contributed by atoms with E-state index in [0.29, 0.717) is 0 Å². The van der Waals surface area contributed by atoms with Crippen LogP contribution < -0.4 is 5.56 Å². The fourth-order valence-corrected chi connectivity index (χ4v) is 1.81. The number of rotatable bonds is 1. The van der Waals surface area contributed by atoms with Crippen LogP contribution in [0.4, 0.5) is 0 Å². The SMILES string of the molecule is O=c1ccc2cc(-c3ccccc3)[nH]c2[nH]1. The van der Waals surface area contributed by atoms with E-state index in [1.165, 1.54) is 6.07 Å². The van der Waals surface area contributed by atoms with Gasteiger partial charge in [-0.3, -0.25) is 4.79 Å². The van der Waals surface area contributed by atoms with Crippen LogP contribution in [-0.2, 0) is 0 Å². The molecule has 0 amide bonds. The van der Waals surface area contributed by atoms with Gasteiger partial charge in [0.15, 0.2) is 0 Å². The zero-order valence-electron chi connectivity index (χ0n) is 8.53. The molecule has 2 aromatic heterocycles. The van der Waals surface area contributed by atoms with Crippen LogP contribution in [0.3, 0.4) is 0 Å². The molecule has 0 aliphatic carbocycles. The summed E-state index contributed by atoms with van der Waals surface area (Å²) in [7, 11) is 0. The molecule has 0 radical (unpaired) electrons. The van der Waals surface area contributed by atoms with Crippen molar-refractivity contribution in [2.75, 3.05) is 0 Å². The van der Waals surface area contributed by atoms with Crippen molar-refractivity contribution in [3.05, 3.63) is 58.9 Å². The molecule has 0 spiro atoms. The molecule has 0 saturated heterocycles. The lowest BCUT2D eigenvalue weighted by molar-refractivity contribution is 1.26. The third-order valence-corrected chi connectivity index (χ3v) is 2.60. The van der Waals surface area contributed by atoms with E-state index >= 15 is 0 Å². The molecule has 3 rings (SSSR count). The Kier molecular flexibility index (Phi) is 1.90. The highest BCUT2D eigenvalue weighted by Gasteiger charge is 2.02. The molecule has 0 aliphatic heterocycles. The Hall–Kier alpha value is -2.29. The fourth-order valence-electron chi connectivity index (χ4n) is 1.81. The number of benzene rings is 1. The summed E-state index contributed by atoms with van der Waals surface area (Å²) in [6, 6.07) is 15.4. The highest BCUT2D eigenvalue weighted by Crippen LogP contribution is 2.21. The van der Waals surface area contributed by atoms with E-state index < -0.39 is 0 Å². The van der Waals surface area contributed by atoms with Crippen LogP contribution in [0.1, 0.15) is 0 Å². The number of fused-ring (bicyclic) bond motifs is 1. The number of aromatic nitrogens is 2. The van der Waals surface area contributed by atoms with Gasteiger partial charge in [0, 0.05) is 17.1 Å². The Morgan fingerprint density at radius 1 is 0.875 bits per heavy atom. The standard InChI is InChI=1S/C13H10N2O/c16-12-7-6-10-8-11(14-13(10)15-12)9-4-2-1-3-5-9/h1-8H,(H2,14,15,16). The van der Waals surface area contributed by atoms with Gasteiger partial charge in [-0.2, -0.15) is 0 Å². The molecule has 0 bridgehead atoms. The van der Waals surface area contributed by atoms with Crippen LogP contribution in [0.15, 0.2) is 53.3 Å². The average molecular weight is 210 g/mol. The smallest absolute Gasteiger partial charge is 0.249 e. The molecule has 2 heterocycles. The molecule has 78 valence electrons. The third kappa shape index (κ3) is 1.42. The Labute approximate surface area is 91.8 Å². The van der Waals surface area contributed by atoms with Crippen molar-refractivity contribution in [3.8, 4) is 11.3 Å². The summed E-state index contributed by atoms with van der Waals surface area (Å²) in [5, 5.41) is 1.01. The van der Waals surface area contributed by atoms with Gasteiger partial charge in [-0.1, -0.05) is 30.3 Å². The van der Waals surface area contributed by atoms with Gasteiger partial charge in [0.1, 0.15) is 5.65 Å². The highest BCUT2D eigenvalue weighted by atomic mass is 16.1. The molecule has 0 atom stereocenters. The Balaban J connectivity index is 2.23. The fraction of sp³-hybridized carbons (Fsp3) is 0. The van der Waals surface area contributed by atoms with Crippen molar-refractivity contribution in [2.24, 2.45) is 0 Å². The Bertz CT molecular complexity index is 680. The lowest BCUT2D eigenvalue weighted by atomic mass is 10.1. The molecule has 0 aliphatic rings. The minimum absolute atomic E-state index is 0.0889. The molecule has 0 unspecified atom stereocenters. The summed E-state index contributed by atoms with van der Waals surface area (Å²) < 4.78 is 0. The monoisotopic (exact) mass is 210 g/mol. The quantitative estimate of drug-likeness (QED) is 0.637. The van der Waals surface area contributed by atoms with Gasteiger partial charge < -0.3 is 9.97 Å². The predicted octanol–water partition coefficient (Wildman–Crippen LogP) is 2.52. The molecule has 3 heteroatoms. The van der Waals surface area contributed by atoms with Gasteiger partial charge in [-0.15, -0.1) is 0 Å². The maximum absolute atomic E-state index is 11.2. The van der Waals surface area contributed by atoms with E-state index in [-0.39, 0.29) is 5.56 Å². The molecule has 3 nitrogen and oxygen atoms in total. The average Bonchev–Trinajstić information content (AvgIpc) is 2.73. The molecule has 1 aromatic carbocycles. The maximum Gasteiger partial charge on any atom is 0.249 e. The van der Waals surface area contributed by atoms with E-state index in [1.807, 2.05) is 42.5 Å². The van der Waals surface area contributed by atoms with Gasteiger partial charge in [-0.25, -0.2) is 0 Å². The largest absolute Gasteiger partial charge is 0.341 e. The number of aromatic amines is 2. The van der Waals surface area contributed by atoms with Crippen molar-refractivity contribution in [1.29, 1.82) is 0 Å². The maximum atomic E-state index is 11.2. The van der Waals surface area contributed by atoms with Gasteiger partial charge in [0.2, 0.25) is 5.56 Å². The van der Waals surface area contributed by atoms with E-state index in [1.54, 1.807) is 0 Å². The van der Waals surface area contributed by atoms with Crippen LogP contribution >= 0.6 is 0 Å². The topological polar surface area (TPSA) is 48.6 Å². The van der Waals surface area contributed by atoms with Crippen molar-refractivity contribution in [1.82, 2.24) is 9.97 Å². The molecule has 16 heavy (non-hydrogen) atoms. The molecular formula is C13H10N2O. The van der Waals surface area contributed by atoms with Crippen LogP contribution in [0, 0.1) is 0 Å². The first-order chi connectivity index (χ1) is 7.83. The van der Waals surface area contributed by atoms with E-state index in [9.17, 15) is 4.79 Å².